The van der Waals surface area contributed by atoms with Crippen LogP contribution in [0.25, 0.3) is 11.3 Å². The summed E-state index contributed by atoms with van der Waals surface area (Å²) in [4.78, 5) is 18.8. The first-order chi connectivity index (χ1) is 12.3. The fourth-order valence-electron chi connectivity index (χ4n) is 2.38. The predicted molar refractivity (Wildman–Crippen MR) is 109 cm³/mol. The molecular formula is C19H27BrN4O3. The molecule has 0 fully saturated rings. The lowest BCUT2D eigenvalue weighted by Crippen LogP contribution is -2.49. The zero-order valence-electron chi connectivity index (χ0n) is 16.8. The van der Waals surface area contributed by atoms with Crippen LogP contribution in [-0.2, 0) is 11.8 Å². The number of aromatic nitrogens is 2. The van der Waals surface area contributed by atoms with Gasteiger partial charge in [-0.15, -0.1) is 5.06 Å². The van der Waals surface area contributed by atoms with E-state index in [0.717, 1.165) is 10.2 Å². The van der Waals surface area contributed by atoms with E-state index in [0.29, 0.717) is 17.0 Å². The molecule has 148 valence electrons. The van der Waals surface area contributed by atoms with Crippen molar-refractivity contribution in [3.05, 3.63) is 28.9 Å². The number of rotatable bonds is 3. The minimum absolute atomic E-state index is 0.467. The summed E-state index contributed by atoms with van der Waals surface area (Å²) < 4.78 is 8.01. The maximum atomic E-state index is 12.7. The van der Waals surface area contributed by atoms with E-state index in [2.05, 4.69) is 21.0 Å². The number of hydrogen-bond acceptors (Lipinski definition) is 5. The van der Waals surface area contributed by atoms with Crippen molar-refractivity contribution in [3.8, 4) is 17.0 Å². The van der Waals surface area contributed by atoms with Crippen LogP contribution in [0.5, 0.6) is 5.75 Å². The van der Waals surface area contributed by atoms with E-state index in [9.17, 15) is 4.79 Å². The van der Waals surface area contributed by atoms with Gasteiger partial charge in [0.05, 0.1) is 21.9 Å². The van der Waals surface area contributed by atoms with E-state index in [4.69, 9.17) is 15.3 Å². The third-order valence-corrected chi connectivity index (χ3v) is 4.09. The largest absolute Gasteiger partial charge is 0.444 e. The fourth-order valence-corrected chi connectivity index (χ4v) is 2.94. The molecule has 0 saturated heterocycles. The van der Waals surface area contributed by atoms with Crippen LogP contribution in [0.1, 0.15) is 41.5 Å². The Labute approximate surface area is 168 Å². The Morgan fingerprint density at radius 2 is 1.85 bits per heavy atom. The van der Waals surface area contributed by atoms with Crippen LogP contribution in [0.15, 0.2) is 28.9 Å². The van der Waals surface area contributed by atoms with Gasteiger partial charge in [0, 0.05) is 18.3 Å². The molecule has 1 aromatic carbocycles. The number of anilines is 1. The summed E-state index contributed by atoms with van der Waals surface area (Å²) in [5.74, 6) is 0.467. The number of nitrogen functional groups attached to an aromatic ring is 1. The molecule has 2 rings (SSSR count). The molecule has 0 saturated carbocycles. The summed E-state index contributed by atoms with van der Waals surface area (Å²) in [5, 5.41) is 5.48. The van der Waals surface area contributed by atoms with Gasteiger partial charge in [-0.2, -0.15) is 5.10 Å². The number of aryl methyl sites for hydroxylation is 1. The molecule has 1 amide bonds. The second kappa shape index (κ2) is 7.42. The van der Waals surface area contributed by atoms with E-state index in [-0.39, 0.29) is 0 Å². The SMILES string of the molecule is Cn1ncc(Br)c1-c1cc(N)ccc1ON(C(=O)OC(C)(C)C)C(C)(C)C. The minimum atomic E-state index is -0.640. The van der Waals surface area contributed by atoms with E-state index in [1.807, 2.05) is 48.6 Å². The van der Waals surface area contributed by atoms with E-state index in [1.54, 1.807) is 29.1 Å². The lowest BCUT2D eigenvalue weighted by Gasteiger charge is -2.35. The van der Waals surface area contributed by atoms with Crippen LogP contribution in [0, 0.1) is 0 Å². The highest BCUT2D eigenvalue weighted by Crippen LogP contribution is 2.37. The number of carbonyl (C=O) groups excluding carboxylic acids is 1. The highest BCUT2D eigenvalue weighted by Gasteiger charge is 2.34. The van der Waals surface area contributed by atoms with E-state index in [1.165, 1.54) is 5.06 Å². The number of ether oxygens (including phenoxy) is 1. The molecule has 0 aliphatic rings. The number of nitrogens with two attached hydrogens (primary N) is 1. The molecule has 8 heteroatoms. The van der Waals surface area contributed by atoms with Gasteiger partial charge in [0.15, 0.2) is 5.75 Å². The van der Waals surface area contributed by atoms with Crippen molar-refractivity contribution in [2.45, 2.75) is 52.7 Å². The zero-order chi connectivity index (χ0) is 20.6. The Balaban J connectivity index is 2.49. The number of benzene rings is 1. The summed E-state index contributed by atoms with van der Waals surface area (Å²) in [5.41, 5.74) is 6.78. The maximum absolute atomic E-state index is 12.7. The third-order valence-electron chi connectivity index (χ3n) is 3.51. The van der Waals surface area contributed by atoms with E-state index >= 15 is 0 Å². The average molecular weight is 439 g/mol. The van der Waals surface area contributed by atoms with Gasteiger partial charge >= 0.3 is 6.09 Å². The Morgan fingerprint density at radius 3 is 2.33 bits per heavy atom. The first-order valence-electron chi connectivity index (χ1n) is 8.58. The molecule has 0 unspecified atom stereocenters. The van der Waals surface area contributed by atoms with E-state index < -0.39 is 17.2 Å². The van der Waals surface area contributed by atoms with Crippen molar-refractivity contribution in [1.29, 1.82) is 0 Å². The predicted octanol–water partition coefficient (Wildman–Crippen LogP) is 4.76. The molecule has 0 radical (unpaired) electrons. The Bertz CT molecular complexity index is 815. The van der Waals surface area contributed by atoms with Crippen LogP contribution < -0.4 is 10.6 Å². The Hall–Kier alpha value is -2.22. The Morgan fingerprint density at radius 1 is 1.22 bits per heavy atom. The van der Waals surface area contributed by atoms with Crippen LogP contribution in [-0.4, -0.2) is 32.1 Å². The molecule has 27 heavy (non-hydrogen) atoms. The molecule has 7 nitrogen and oxygen atoms in total. The topological polar surface area (TPSA) is 82.6 Å². The van der Waals surface area contributed by atoms with Gasteiger partial charge < -0.3 is 15.3 Å². The van der Waals surface area contributed by atoms with Crippen LogP contribution in [0.3, 0.4) is 0 Å². The molecular weight excluding hydrogens is 412 g/mol. The molecule has 0 spiro atoms. The molecule has 0 aliphatic carbocycles. The molecule has 2 N–H and O–H groups in total. The lowest BCUT2D eigenvalue weighted by atomic mass is 10.1. The summed E-state index contributed by atoms with van der Waals surface area (Å²) in [7, 11) is 1.82. The van der Waals surface area contributed by atoms with Crippen molar-refractivity contribution in [3.63, 3.8) is 0 Å². The molecule has 2 aromatic rings. The van der Waals surface area contributed by atoms with Crippen LogP contribution in [0.4, 0.5) is 10.5 Å². The summed E-state index contributed by atoms with van der Waals surface area (Å²) in [6.45, 7) is 11.0. The Kier molecular flexibility index (Phi) is 5.79. The summed E-state index contributed by atoms with van der Waals surface area (Å²) in [6, 6.07) is 5.24. The lowest BCUT2D eigenvalue weighted by molar-refractivity contribution is -0.119. The maximum Gasteiger partial charge on any atom is 0.444 e. The highest BCUT2D eigenvalue weighted by molar-refractivity contribution is 9.10. The van der Waals surface area contributed by atoms with Gasteiger partial charge in [-0.1, -0.05) is 0 Å². The molecule has 0 atom stereocenters. The third kappa shape index (κ3) is 5.15. The van der Waals surface area contributed by atoms with Gasteiger partial charge in [-0.25, -0.2) is 4.79 Å². The summed E-state index contributed by atoms with van der Waals surface area (Å²) >= 11 is 3.50. The fraction of sp³-hybridized carbons (Fsp3) is 0.474. The van der Waals surface area contributed by atoms with Gasteiger partial charge in [-0.05, 0) is 75.7 Å². The molecule has 0 aliphatic heterocycles. The number of carbonyl (C=O) groups is 1. The monoisotopic (exact) mass is 438 g/mol. The van der Waals surface area contributed by atoms with Crippen molar-refractivity contribution in [2.24, 2.45) is 7.05 Å². The molecule has 1 heterocycles. The van der Waals surface area contributed by atoms with Gasteiger partial charge in [0.25, 0.3) is 0 Å². The van der Waals surface area contributed by atoms with Crippen LogP contribution in [0.2, 0.25) is 0 Å². The molecule has 1 aromatic heterocycles. The first kappa shape index (κ1) is 21.1. The van der Waals surface area contributed by atoms with Crippen molar-refractivity contribution < 1.29 is 14.4 Å². The van der Waals surface area contributed by atoms with Gasteiger partial charge in [0.2, 0.25) is 0 Å². The van der Waals surface area contributed by atoms with Gasteiger partial charge in [-0.3, -0.25) is 4.68 Å². The second-order valence-corrected chi connectivity index (χ2v) is 9.11. The number of hydroxylamine groups is 2. The van der Waals surface area contributed by atoms with Crippen LogP contribution >= 0.6 is 15.9 Å². The highest BCUT2D eigenvalue weighted by atomic mass is 79.9. The number of amides is 1. The number of halogens is 1. The zero-order valence-corrected chi connectivity index (χ0v) is 18.4. The number of hydrogen-bond donors (Lipinski definition) is 1. The first-order valence-corrected chi connectivity index (χ1v) is 9.37. The van der Waals surface area contributed by atoms with Crippen molar-refractivity contribution in [1.82, 2.24) is 14.8 Å². The van der Waals surface area contributed by atoms with Crippen molar-refractivity contribution >= 4 is 27.7 Å². The summed E-state index contributed by atoms with van der Waals surface area (Å²) in [6.07, 6.45) is 1.12. The second-order valence-electron chi connectivity index (χ2n) is 8.26. The van der Waals surface area contributed by atoms with Crippen molar-refractivity contribution in [2.75, 3.05) is 5.73 Å². The minimum Gasteiger partial charge on any atom is -0.442 e. The number of nitrogens with zero attached hydrogens (tertiary/aromatic N) is 3. The average Bonchev–Trinajstić information content (AvgIpc) is 2.81. The normalized spacial score (nSPS) is 12.0. The smallest absolute Gasteiger partial charge is 0.442 e. The van der Waals surface area contributed by atoms with Gasteiger partial charge in [0.1, 0.15) is 5.60 Å². The quantitative estimate of drug-likeness (QED) is 0.551. The standard InChI is InChI=1S/C19H27BrN4O3/c1-18(2,3)24(17(25)26-19(4,5)6)27-15-9-8-12(21)10-13(15)16-14(20)11-22-23(16)7/h8-11H,21H2,1-7H3. The molecule has 0 bridgehead atoms.